The molecule has 71 heavy (non-hydrogen) atoms. The van der Waals surface area contributed by atoms with Crippen LogP contribution in [0.1, 0.15) is 95.1 Å². The van der Waals surface area contributed by atoms with Gasteiger partial charge in [-0.1, -0.05) is 23.7 Å². The number of anilines is 2. The van der Waals surface area contributed by atoms with Crippen LogP contribution in [0.5, 0.6) is 5.75 Å². The van der Waals surface area contributed by atoms with E-state index < -0.39 is 11.9 Å². The topological polar surface area (TPSA) is 164 Å². The first-order valence-electron chi connectivity index (χ1n) is 24.4. The highest BCUT2D eigenvalue weighted by molar-refractivity contribution is 6.32. The maximum atomic E-state index is 16.2. The number of rotatable bonds is 12. The van der Waals surface area contributed by atoms with Crippen LogP contribution in [0.2, 0.25) is 5.02 Å². The van der Waals surface area contributed by atoms with E-state index in [2.05, 4.69) is 60.4 Å². The molecule has 16 nitrogen and oxygen atoms in total. The van der Waals surface area contributed by atoms with E-state index in [1.807, 2.05) is 42.9 Å². The number of imide groups is 1. The number of methoxy groups -OCH3 is 1. The molecule has 4 aliphatic heterocycles. The Morgan fingerprint density at radius 1 is 1.00 bits per heavy atom. The smallest absolute Gasteiger partial charge is 0.257 e. The number of carbonyl (C=O) groups is 3. The molecule has 0 saturated carbocycles. The second kappa shape index (κ2) is 19.8. The molecule has 2 aromatic carbocycles. The molecule has 370 valence electrons. The molecule has 6 aromatic rings. The highest BCUT2D eigenvalue weighted by Gasteiger charge is 2.32. The zero-order valence-corrected chi connectivity index (χ0v) is 41.5. The van der Waals surface area contributed by atoms with E-state index in [-0.39, 0.29) is 35.9 Å². The van der Waals surface area contributed by atoms with Crippen LogP contribution >= 0.6 is 11.6 Å². The van der Waals surface area contributed by atoms with Crippen molar-refractivity contribution in [3.8, 4) is 11.4 Å². The Balaban J connectivity index is 0.754. The molecule has 2 atom stereocenters. The van der Waals surface area contributed by atoms with Crippen LogP contribution in [0.3, 0.4) is 0 Å². The van der Waals surface area contributed by atoms with Crippen molar-refractivity contribution >= 4 is 57.3 Å². The van der Waals surface area contributed by atoms with Crippen molar-refractivity contribution < 1.29 is 23.5 Å². The summed E-state index contributed by atoms with van der Waals surface area (Å²) in [5.41, 5.74) is 9.18. The molecule has 3 amide bonds. The molecule has 10 rings (SSSR count). The van der Waals surface area contributed by atoms with E-state index in [1.54, 1.807) is 48.2 Å². The molecule has 8 heterocycles. The highest BCUT2D eigenvalue weighted by atomic mass is 35.5. The van der Waals surface area contributed by atoms with Gasteiger partial charge in [-0.05, 0) is 118 Å². The molecule has 0 spiro atoms. The van der Waals surface area contributed by atoms with E-state index in [0.29, 0.717) is 79.8 Å². The predicted octanol–water partition coefficient (Wildman–Crippen LogP) is 7.17. The van der Waals surface area contributed by atoms with Crippen LogP contribution in [0.15, 0.2) is 77.9 Å². The Bertz CT molecular complexity index is 3150. The standard InChI is InChI=1S/C53H59ClFN11O5/c1-31-24-36(25-39(55)49(31)34-13-19-63(20-14-34)32(2)44-28-38-43(10-16-57-51(38)61(44)4)65-21-15-37(56-3)27-48(65)68)53(70)64-22-23-66-45(30-64)50(54)42(60-66)29-62-17-11-33(12-18-62)35-6-7-40(46(26-35)71-5)58-41-8-9-47(67)59-52(41)69/h6-7,10,13,15-16,21,24-28,32-33,41,56,58H,8-9,11-12,14,17-20,22-23,29-30H2,1-5H3,(H,59,67,69)/t32-,41?/m0/s1. The molecular weight excluding hydrogens is 925 g/mol. The van der Waals surface area contributed by atoms with Gasteiger partial charge in [0.15, 0.2) is 0 Å². The number of aromatic nitrogens is 5. The van der Waals surface area contributed by atoms with Crippen molar-refractivity contribution in [1.82, 2.24) is 43.9 Å². The lowest BCUT2D eigenvalue weighted by atomic mass is 9.89. The van der Waals surface area contributed by atoms with Crippen LogP contribution < -0.4 is 26.2 Å². The number of hydrogen-bond acceptors (Lipinski definition) is 11. The molecule has 2 saturated heterocycles. The third-order valence-electron chi connectivity index (χ3n) is 15.0. The summed E-state index contributed by atoms with van der Waals surface area (Å²) in [6.45, 7) is 8.85. The summed E-state index contributed by atoms with van der Waals surface area (Å²) < 4.78 is 27.6. The van der Waals surface area contributed by atoms with Gasteiger partial charge in [-0.2, -0.15) is 5.10 Å². The minimum Gasteiger partial charge on any atom is -0.495 e. The van der Waals surface area contributed by atoms with Gasteiger partial charge in [-0.25, -0.2) is 9.37 Å². The number of ether oxygens (including phenoxy) is 1. The number of nitrogens with one attached hydrogen (secondary N) is 3. The van der Waals surface area contributed by atoms with Gasteiger partial charge in [0.1, 0.15) is 23.3 Å². The first-order chi connectivity index (χ1) is 34.3. The molecule has 0 aliphatic carbocycles. The van der Waals surface area contributed by atoms with Crippen molar-refractivity contribution in [2.75, 3.05) is 57.5 Å². The van der Waals surface area contributed by atoms with Crippen molar-refractivity contribution in [3.05, 3.63) is 134 Å². The van der Waals surface area contributed by atoms with Gasteiger partial charge < -0.3 is 24.8 Å². The Morgan fingerprint density at radius 2 is 1.82 bits per heavy atom. The van der Waals surface area contributed by atoms with Crippen molar-refractivity contribution in [2.45, 2.75) is 83.6 Å². The number of hydrogen-bond donors (Lipinski definition) is 3. The van der Waals surface area contributed by atoms with E-state index in [0.717, 1.165) is 82.2 Å². The first-order valence-corrected chi connectivity index (χ1v) is 24.8. The zero-order chi connectivity index (χ0) is 49.7. The lowest BCUT2D eigenvalue weighted by Crippen LogP contribution is -2.47. The average molecular weight is 985 g/mol. The normalized spacial score (nSPS) is 18.5. The fourth-order valence-electron chi connectivity index (χ4n) is 10.9. The monoisotopic (exact) mass is 983 g/mol. The number of fused-ring (bicyclic) bond motifs is 2. The fraction of sp³-hybridized carbons (Fsp3) is 0.396. The predicted molar refractivity (Wildman–Crippen MR) is 272 cm³/mol. The number of benzene rings is 2. The van der Waals surface area contributed by atoms with E-state index in [9.17, 15) is 19.2 Å². The molecule has 18 heteroatoms. The summed E-state index contributed by atoms with van der Waals surface area (Å²) in [4.78, 5) is 62.1. The van der Waals surface area contributed by atoms with Gasteiger partial charge >= 0.3 is 0 Å². The number of piperidine rings is 2. The summed E-state index contributed by atoms with van der Waals surface area (Å²) >= 11 is 7.03. The highest BCUT2D eigenvalue weighted by Crippen LogP contribution is 2.37. The van der Waals surface area contributed by atoms with Gasteiger partial charge in [0.2, 0.25) is 11.8 Å². The summed E-state index contributed by atoms with van der Waals surface area (Å²) in [5.74, 6) is -0.240. The fourth-order valence-corrected chi connectivity index (χ4v) is 11.2. The third kappa shape index (κ3) is 9.33. The molecule has 0 radical (unpaired) electrons. The minimum absolute atomic E-state index is 0.0125. The lowest BCUT2D eigenvalue weighted by molar-refractivity contribution is -0.133. The zero-order valence-electron chi connectivity index (χ0n) is 40.7. The SMILES string of the molecule is CNc1ccn(-c2ccnc3c2cc([C@H](C)N2CC=C(c4c(C)cc(C(=O)N5CCn6nc(CN7CCC(c8ccc(NC9CCC(=O)NC9=O)c(OC)c8)CC7)c(Cl)c6C5)cc4F)CC2)n3C)c(=O)c1. The van der Waals surface area contributed by atoms with Gasteiger partial charge in [-0.3, -0.25) is 43.5 Å². The summed E-state index contributed by atoms with van der Waals surface area (Å²) in [6, 6.07) is 16.2. The first kappa shape index (κ1) is 47.8. The summed E-state index contributed by atoms with van der Waals surface area (Å²) in [6.07, 6.45) is 8.84. The van der Waals surface area contributed by atoms with Crippen LogP contribution in [0.25, 0.3) is 22.3 Å². The Morgan fingerprint density at radius 3 is 2.54 bits per heavy atom. The summed E-state index contributed by atoms with van der Waals surface area (Å²) in [7, 11) is 5.40. The third-order valence-corrected chi connectivity index (χ3v) is 15.4. The van der Waals surface area contributed by atoms with E-state index >= 15 is 4.39 Å². The van der Waals surface area contributed by atoms with Crippen molar-refractivity contribution in [3.63, 3.8) is 0 Å². The number of aryl methyl sites for hydroxylation is 2. The molecule has 2 fully saturated rings. The Labute approximate surface area is 416 Å². The number of pyridine rings is 2. The van der Waals surface area contributed by atoms with Crippen molar-refractivity contribution in [1.29, 1.82) is 0 Å². The number of nitrogens with zero attached hydrogens (tertiary/aromatic N) is 8. The van der Waals surface area contributed by atoms with Gasteiger partial charge in [0, 0.05) is 99.1 Å². The molecule has 4 aromatic heterocycles. The van der Waals surface area contributed by atoms with E-state index in [1.165, 1.54) is 11.6 Å². The lowest BCUT2D eigenvalue weighted by Gasteiger charge is -2.32. The maximum absolute atomic E-state index is 16.2. The van der Waals surface area contributed by atoms with Crippen LogP contribution in [0.4, 0.5) is 15.8 Å². The molecule has 0 bridgehead atoms. The maximum Gasteiger partial charge on any atom is 0.257 e. The van der Waals surface area contributed by atoms with Gasteiger partial charge in [-0.15, -0.1) is 0 Å². The minimum atomic E-state index is -0.496. The molecular formula is C53H59ClFN11O5. The van der Waals surface area contributed by atoms with Crippen LogP contribution in [-0.2, 0) is 36.3 Å². The number of amides is 3. The van der Waals surface area contributed by atoms with Crippen LogP contribution in [-0.4, -0.2) is 109 Å². The Kier molecular flexibility index (Phi) is 13.3. The quantitative estimate of drug-likeness (QED) is 0.107. The number of likely N-dealkylation sites (tertiary alicyclic amines) is 1. The molecule has 3 N–H and O–H groups in total. The molecule has 4 aliphatic rings. The Hall–Kier alpha value is -6.82. The second-order valence-electron chi connectivity index (χ2n) is 19.2. The van der Waals surface area contributed by atoms with E-state index in [4.69, 9.17) is 21.4 Å². The molecule has 1 unspecified atom stereocenters. The van der Waals surface area contributed by atoms with Crippen LogP contribution in [0, 0.1) is 12.7 Å². The number of halogens is 2. The number of carbonyl (C=O) groups excluding carboxylic acids is 3. The van der Waals surface area contributed by atoms with Crippen molar-refractivity contribution in [2.24, 2.45) is 7.05 Å². The van der Waals surface area contributed by atoms with Gasteiger partial charge in [0.25, 0.3) is 11.5 Å². The summed E-state index contributed by atoms with van der Waals surface area (Å²) in [5, 5.41) is 15.0. The second-order valence-corrected chi connectivity index (χ2v) is 19.6. The largest absolute Gasteiger partial charge is 0.495 e. The van der Waals surface area contributed by atoms with Gasteiger partial charge in [0.05, 0.1) is 48.0 Å². The average Bonchev–Trinajstić information content (AvgIpc) is 3.88.